The van der Waals surface area contributed by atoms with Crippen LogP contribution in [0.25, 0.3) is 22.2 Å². The molecule has 0 spiro atoms. The SMILES string of the molecule is Cc1cc(-c2cc(NC3CCNCC3)nc3[nH]ccc23)cnc1N. The van der Waals surface area contributed by atoms with Gasteiger partial charge in [0.1, 0.15) is 17.3 Å². The Morgan fingerprint density at radius 3 is 2.88 bits per heavy atom. The zero-order valence-corrected chi connectivity index (χ0v) is 13.8. The van der Waals surface area contributed by atoms with Crippen molar-refractivity contribution < 1.29 is 0 Å². The van der Waals surface area contributed by atoms with Crippen LogP contribution >= 0.6 is 0 Å². The fourth-order valence-corrected chi connectivity index (χ4v) is 3.26. The van der Waals surface area contributed by atoms with Crippen LogP contribution in [0.2, 0.25) is 0 Å². The van der Waals surface area contributed by atoms with Gasteiger partial charge in [-0.25, -0.2) is 9.97 Å². The molecule has 0 unspecified atom stereocenters. The predicted octanol–water partition coefficient (Wildman–Crippen LogP) is 2.68. The lowest BCUT2D eigenvalue weighted by molar-refractivity contribution is 0.478. The van der Waals surface area contributed by atoms with Crippen molar-refractivity contribution in [2.75, 3.05) is 24.1 Å². The minimum atomic E-state index is 0.463. The molecule has 0 bridgehead atoms. The molecule has 4 heterocycles. The summed E-state index contributed by atoms with van der Waals surface area (Å²) >= 11 is 0. The van der Waals surface area contributed by atoms with Crippen LogP contribution < -0.4 is 16.4 Å². The molecule has 3 aromatic rings. The van der Waals surface area contributed by atoms with E-state index in [-0.39, 0.29) is 0 Å². The topological polar surface area (TPSA) is 91.6 Å². The molecule has 0 radical (unpaired) electrons. The number of aromatic amines is 1. The van der Waals surface area contributed by atoms with Crippen molar-refractivity contribution in [3.8, 4) is 11.1 Å². The van der Waals surface area contributed by atoms with Gasteiger partial charge in [-0.15, -0.1) is 0 Å². The first-order valence-electron chi connectivity index (χ1n) is 8.38. The van der Waals surface area contributed by atoms with Crippen LogP contribution in [0, 0.1) is 6.92 Å². The van der Waals surface area contributed by atoms with Crippen LogP contribution in [0.3, 0.4) is 0 Å². The highest BCUT2D eigenvalue weighted by molar-refractivity contribution is 5.94. The highest BCUT2D eigenvalue weighted by atomic mass is 15.1. The zero-order chi connectivity index (χ0) is 16.5. The maximum Gasteiger partial charge on any atom is 0.140 e. The first-order chi connectivity index (χ1) is 11.7. The molecule has 1 aliphatic rings. The van der Waals surface area contributed by atoms with Crippen LogP contribution in [-0.2, 0) is 0 Å². The van der Waals surface area contributed by atoms with Gasteiger partial charge in [-0.1, -0.05) is 0 Å². The normalized spacial score (nSPS) is 15.7. The molecule has 1 saturated heterocycles. The van der Waals surface area contributed by atoms with Crippen LogP contribution in [0.5, 0.6) is 0 Å². The second-order valence-electron chi connectivity index (χ2n) is 6.39. The van der Waals surface area contributed by atoms with E-state index < -0.39 is 0 Å². The number of anilines is 2. The van der Waals surface area contributed by atoms with Gasteiger partial charge in [0.2, 0.25) is 0 Å². The van der Waals surface area contributed by atoms with Gasteiger partial charge in [-0.2, -0.15) is 0 Å². The molecule has 24 heavy (non-hydrogen) atoms. The fraction of sp³-hybridized carbons (Fsp3) is 0.333. The number of nitrogens with zero attached hydrogens (tertiary/aromatic N) is 2. The number of pyridine rings is 2. The zero-order valence-electron chi connectivity index (χ0n) is 13.8. The Kier molecular flexibility index (Phi) is 3.82. The van der Waals surface area contributed by atoms with Crippen molar-refractivity contribution in [3.63, 3.8) is 0 Å². The van der Waals surface area contributed by atoms with Gasteiger partial charge in [0, 0.05) is 29.4 Å². The summed E-state index contributed by atoms with van der Waals surface area (Å²) in [6.07, 6.45) is 5.98. The minimum absolute atomic E-state index is 0.463. The molecule has 0 aromatic carbocycles. The van der Waals surface area contributed by atoms with E-state index in [4.69, 9.17) is 10.7 Å². The van der Waals surface area contributed by atoms with Gasteiger partial charge in [0.15, 0.2) is 0 Å². The number of aromatic nitrogens is 3. The maximum atomic E-state index is 5.87. The Balaban J connectivity index is 1.75. The van der Waals surface area contributed by atoms with E-state index in [0.717, 1.165) is 59.5 Å². The second-order valence-corrected chi connectivity index (χ2v) is 6.39. The fourth-order valence-electron chi connectivity index (χ4n) is 3.26. The van der Waals surface area contributed by atoms with Crippen LogP contribution in [0.15, 0.2) is 30.6 Å². The number of nitrogens with one attached hydrogen (secondary N) is 3. The summed E-state index contributed by atoms with van der Waals surface area (Å²) in [4.78, 5) is 12.3. The van der Waals surface area contributed by atoms with Crippen LogP contribution in [0.4, 0.5) is 11.6 Å². The monoisotopic (exact) mass is 322 g/mol. The molecule has 3 aromatic heterocycles. The lowest BCUT2D eigenvalue weighted by atomic mass is 10.0. The van der Waals surface area contributed by atoms with Crippen LogP contribution in [-0.4, -0.2) is 34.1 Å². The number of nitrogen functional groups attached to an aromatic ring is 1. The van der Waals surface area contributed by atoms with Crippen molar-refractivity contribution in [2.24, 2.45) is 0 Å². The van der Waals surface area contributed by atoms with Gasteiger partial charge >= 0.3 is 0 Å². The number of fused-ring (bicyclic) bond motifs is 1. The highest BCUT2D eigenvalue weighted by Gasteiger charge is 2.15. The van der Waals surface area contributed by atoms with E-state index in [0.29, 0.717) is 11.9 Å². The summed E-state index contributed by atoms with van der Waals surface area (Å²) < 4.78 is 0. The average molecular weight is 322 g/mol. The standard InChI is InChI=1S/C18H22N6/c1-11-8-12(10-22-17(11)19)15-9-16(23-13-2-5-20-6-3-13)24-18-14(15)4-7-21-18/h4,7-10,13,20H,2-3,5-6H2,1H3,(H2,19,22)(H2,21,23,24). The predicted molar refractivity (Wildman–Crippen MR) is 98.0 cm³/mol. The average Bonchev–Trinajstić information content (AvgIpc) is 3.06. The molecule has 0 aliphatic carbocycles. The van der Waals surface area contributed by atoms with E-state index in [9.17, 15) is 0 Å². The Hall–Kier alpha value is -2.60. The molecule has 6 heteroatoms. The summed E-state index contributed by atoms with van der Waals surface area (Å²) in [5.41, 5.74) is 9.92. The molecule has 124 valence electrons. The molecule has 0 atom stereocenters. The molecule has 5 N–H and O–H groups in total. The maximum absolute atomic E-state index is 5.87. The van der Waals surface area contributed by atoms with E-state index in [1.807, 2.05) is 19.3 Å². The van der Waals surface area contributed by atoms with E-state index >= 15 is 0 Å². The molecule has 4 rings (SSSR count). The summed E-state index contributed by atoms with van der Waals surface area (Å²) in [6, 6.07) is 6.71. The molecule has 1 aliphatic heterocycles. The summed E-state index contributed by atoms with van der Waals surface area (Å²) in [5, 5.41) is 8.07. The van der Waals surface area contributed by atoms with Crippen LogP contribution in [0.1, 0.15) is 18.4 Å². The molecule has 0 amide bonds. The van der Waals surface area contributed by atoms with Crippen molar-refractivity contribution in [3.05, 3.63) is 36.2 Å². The molecule has 0 saturated carbocycles. The number of rotatable bonds is 3. The Morgan fingerprint density at radius 1 is 1.25 bits per heavy atom. The Morgan fingerprint density at radius 2 is 2.08 bits per heavy atom. The number of nitrogens with two attached hydrogens (primary N) is 1. The molecular weight excluding hydrogens is 300 g/mol. The number of hydrogen-bond donors (Lipinski definition) is 4. The smallest absolute Gasteiger partial charge is 0.140 e. The number of piperidine rings is 1. The molecular formula is C18H22N6. The van der Waals surface area contributed by atoms with Crippen molar-refractivity contribution in [1.82, 2.24) is 20.3 Å². The Bertz CT molecular complexity index is 863. The largest absolute Gasteiger partial charge is 0.383 e. The summed E-state index contributed by atoms with van der Waals surface area (Å²) in [5.74, 6) is 1.48. The Labute approximate surface area is 140 Å². The third-order valence-electron chi connectivity index (χ3n) is 4.65. The van der Waals surface area contributed by atoms with Gasteiger partial charge < -0.3 is 21.4 Å². The summed E-state index contributed by atoms with van der Waals surface area (Å²) in [6.45, 7) is 4.09. The first kappa shape index (κ1) is 15.0. The minimum Gasteiger partial charge on any atom is -0.383 e. The number of H-pyrrole nitrogens is 1. The highest BCUT2D eigenvalue weighted by Crippen LogP contribution is 2.31. The third-order valence-corrected chi connectivity index (χ3v) is 4.65. The number of aryl methyl sites for hydroxylation is 1. The second kappa shape index (κ2) is 6.13. The van der Waals surface area contributed by atoms with Gasteiger partial charge in [0.25, 0.3) is 0 Å². The van der Waals surface area contributed by atoms with Crippen molar-refractivity contribution >= 4 is 22.7 Å². The quantitative estimate of drug-likeness (QED) is 0.595. The van der Waals surface area contributed by atoms with Crippen molar-refractivity contribution in [1.29, 1.82) is 0 Å². The first-order valence-corrected chi connectivity index (χ1v) is 8.38. The molecule has 6 nitrogen and oxygen atoms in total. The van der Waals surface area contributed by atoms with E-state index in [2.05, 4.69) is 38.8 Å². The lowest BCUT2D eigenvalue weighted by Crippen LogP contribution is -2.35. The third kappa shape index (κ3) is 2.80. The summed E-state index contributed by atoms with van der Waals surface area (Å²) in [7, 11) is 0. The van der Waals surface area contributed by atoms with E-state index in [1.165, 1.54) is 0 Å². The number of hydrogen-bond acceptors (Lipinski definition) is 5. The van der Waals surface area contributed by atoms with Gasteiger partial charge in [-0.05, 0) is 62.2 Å². The molecule has 1 fully saturated rings. The van der Waals surface area contributed by atoms with Gasteiger partial charge in [0.05, 0.1) is 0 Å². The van der Waals surface area contributed by atoms with Gasteiger partial charge in [-0.3, -0.25) is 0 Å². The lowest BCUT2D eigenvalue weighted by Gasteiger charge is -2.24. The van der Waals surface area contributed by atoms with Crippen molar-refractivity contribution in [2.45, 2.75) is 25.8 Å². The van der Waals surface area contributed by atoms with E-state index in [1.54, 1.807) is 0 Å².